The molecule has 5 unspecified atom stereocenters. The summed E-state index contributed by atoms with van der Waals surface area (Å²) in [6.45, 7) is 12.9. The molecule has 0 fully saturated rings. The number of hydrogen-bond acceptors (Lipinski definition) is 0. The first-order chi connectivity index (χ1) is 10.8. The van der Waals surface area contributed by atoms with Crippen LogP contribution in [0.1, 0.15) is 60.8 Å². The molecule has 5 atom stereocenters. The highest BCUT2D eigenvalue weighted by Crippen LogP contribution is 2.46. The van der Waals surface area contributed by atoms with Crippen LogP contribution in [0.2, 0.25) is 0 Å². The van der Waals surface area contributed by atoms with Crippen LogP contribution in [0.25, 0.3) is 0 Å². The van der Waals surface area contributed by atoms with Crippen LogP contribution in [0.3, 0.4) is 0 Å². The molecule has 0 aliphatic rings. The highest BCUT2D eigenvalue weighted by Gasteiger charge is 2.45. The van der Waals surface area contributed by atoms with Gasteiger partial charge >= 0.3 is 0 Å². The van der Waals surface area contributed by atoms with E-state index < -0.39 is 0 Å². The number of hydrogen-bond donors (Lipinski definition) is 0. The summed E-state index contributed by atoms with van der Waals surface area (Å²) >= 11 is 0. The van der Waals surface area contributed by atoms with E-state index in [-0.39, 0.29) is 29.1 Å². The average molecular weight is 309 g/mol. The standard InChI is InChI=1S/C23H32/c1-10-19(7)16-14-15-17-23(18(5)6,22(12-3)13-4)21(9)20(8)11-2/h1-3,18-22H,13-14,16H2,4-9H3. The van der Waals surface area contributed by atoms with Crippen LogP contribution in [-0.4, -0.2) is 0 Å². The molecule has 0 aliphatic heterocycles. The Morgan fingerprint density at radius 3 is 1.91 bits per heavy atom. The Bertz CT molecular complexity index is 534. The zero-order chi connectivity index (χ0) is 18.0. The fraction of sp³-hybridized carbons (Fsp3) is 0.652. The Morgan fingerprint density at radius 2 is 1.52 bits per heavy atom. The van der Waals surface area contributed by atoms with Gasteiger partial charge in [-0.2, -0.15) is 0 Å². The summed E-state index contributed by atoms with van der Waals surface area (Å²) in [7, 11) is 0. The third-order valence-electron chi connectivity index (χ3n) is 5.20. The van der Waals surface area contributed by atoms with Crippen LogP contribution in [0.4, 0.5) is 0 Å². The maximum Gasteiger partial charge on any atom is 0.0511 e. The lowest BCUT2D eigenvalue weighted by molar-refractivity contribution is 0.0984. The van der Waals surface area contributed by atoms with Crippen LogP contribution in [0.5, 0.6) is 0 Å². The summed E-state index contributed by atoms with van der Waals surface area (Å²) in [5.74, 6) is 16.7. The van der Waals surface area contributed by atoms with E-state index in [4.69, 9.17) is 19.3 Å². The van der Waals surface area contributed by atoms with E-state index >= 15 is 0 Å². The minimum absolute atomic E-state index is 0.103. The Morgan fingerprint density at radius 1 is 0.913 bits per heavy atom. The Labute approximate surface area is 145 Å². The predicted octanol–water partition coefficient (Wildman–Crippen LogP) is 5.25. The van der Waals surface area contributed by atoms with Crippen molar-refractivity contribution in [3.63, 3.8) is 0 Å². The molecule has 0 aromatic heterocycles. The van der Waals surface area contributed by atoms with Gasteiger partial charge in [0.25, 0.3) is 0 Å². The first-order valence-corrected chi connectivity index (χ1v) is 8.70. The molecule has 0 heteroatoms. The molecule has 0 spiro atoms. The van der Waals surface area contributed by atoms with Crippen LogP contribution in [-0.2, 0) is 0 Å². The first-order valence-electron chi connectivity index (χ1n) is 8.70. The maximum absolute atomic E-state index is 5.86. The zero-order valence-corrected chi connectivity index (χ0v) is 15.7. The Kier molecular flexibility index (Phi) is 9.32. The highest BCUT2D eigenvalue weighted by molar-refractivity contribution is 5.23. The topological polar surface area (TPSA) is 0 Å². The SMILES string of the molecule is C#CC(C)CCC#CC(C(C)C)(C(C#C)CC)C(C)C(C)C#C. The molecule has 23 heavy (non-hydrogen) atoms. The molecule has 0 aromatic carbocycles. The number of rotatable bonds is 7. The molecule has 0 radical (unpaired) electrons. The molecule has 0 bridgehead atoms. The molecule has 0 N–H and O–H groups in total. The lowest BCUT2D eigenvalue weighted by atomic mass is 9.57. The molecule has 0 amide bonds. The van der Waals surface area contributed by atoms with E-state index in [1.165, 1.54) is 0 Å². The third kappa shape index (κ3) is 5.13. The van der Waals surface area contributed by atoms with E-state index in [9.17, 15) is 0 Å². The molecule has 0 aromatic rings. The smallest absolute Gasteiger partial charge is 0.0511 e. The van der Waals surface area contributed by atoms with Crippen molar-refractivity contribution < 1.29 is 0 Å². The van der Waals surface area contributed by atoms with Crippen molar-refractivity contribution in [2.75, 3.05) is 0 Å². The summed E-state index contributed by atoms with van der Waals surface area (Å²) in [5.41, 5.74) is -0.255. The van der Waals surface area contributed by atoms with Gasteiger partial charge in [0.15, 0.2) is 0 Å². The van der Waals surface area contributed by atoms with Gasteiger partial charge in [0, 0.05) is 24.2 Å². The molecular weight excluding hydrogens is 276 g/mol. The van der Waals surface area contributed by atoms with E-state index in [1.807, 2.05) is 0 Å². The molecule has 0 nitrogen and oxygen atoms in total. The van der Waals surface area contributed by atoms with Gasteiger partial charge in [0.2, 0.25) is 0 Å². The lowest BCUT2D eigenvalue weighted by Gasteiger charge is -2.44. The normalized spacial score (nSPS) is 18.1. The van der Waals surface area contributed by atoms with Gasteiger partial charge in [-0.25, -0.2) is 0 Å². The van der Waals surface area contributed by atoms with E-state index in [2.05, 4.69) is 71.1 Å². The molecule has 0 heterocycles. The van der Waals surface area contributed by atoms with Crippen LogP contribution in [0.15, 0.2) is 0 Å². The molecule has 0 aliphatic carbocycles. The van der Waals surface area contributed by atoms with Gasteiger partial charge in [0.05, 0.1) is 5.41 Å². The lowest BCUT2D eigenvalue weighted by Crippen LogP contribution is -2.42. The largest absolute Gasteiger partial charge is 0.120 e. The van der Waals surface area contributed by atoms with Crippen molar-refractivity contribution in [1.82, 2.24) is 0 Å². The maximum atomic E-state index is 5.86. The molecule has 0 saturated heterocycles. The van der Waals surface area contributed by atoms with Gasteiger partial charge in [-0.15, -0.1) is 43.0 Å². The monoisotopic (exact) mass is 308 g/mol. The van der Waals surface area contributed by atoms with Crippen molar-refractivity contribution in [2.24, 2.45) is 35.0 Å². The van der Waals surface area contributed by atoms with E-state index in [0.717, 1.165) is 19.3 Å². The van der Waals surface area contributed by atoms with Crippen molar-refractivity contribution >= 4 is 0 Å². The fourth-order valence-electron chi connectivity index (χ4n) is 3.33. The fourth-order valence-corrected chi connectivity index (χ4v) is 3.33. The first kappa shape index (κ1) is 21.2. The molecule has 124 valence electrons. The van der Waals surface area contributed by atoms with Crippen LogP contribution < -0.4 is 0 Å². The summed E-state index contributed by atoms with van der Waals surface area (Å²) in [6.07, 6.45) is 19.6. The summed E-state index contributed by atoms with van der Waals surface area (Å²) in [6, 6.07) is 0. The van der Waals surface area contributed by atoms with Crippen molar-refractivity contribution in [1.29, 1.82) is 0 Å². The van der Waals surface area contributed by atoms with Crippen molar-refractivity contribution in [3.8, 4) is 48.9 Å². The second-order valence-corrected chi connectivity index (χ2v) is 6.87. The van der Waals surface area contributed by atoms with Gasteiger partial charge < -0.3 is 0 Å². The zero-order valence-electron chi connectivity index (χ0n) is 15.7. The molecule has 0 rings (SSSR count). The van der Waals surface area contributed by atoms with Gasteiger partial charge in [-0.1, -0.05) is 47.5 Å². The second kappa shape index (κ2) is 10.1. The quantitative estimate of drug-likeness (QED) is 0.564. The van der Waals surface area contributed by atoms with Crippen molar-refractivity contribution in [2.45, 2.75) is 60.8 Å². The third-order valence-corrected chi connectivity index (χ3v) is 5.20. The Hall–Kier alpha value is -1.76. The van der Waals surface area contributed by atoms with Crippen LogP contribution in [0, 0.1) is 83.9 Å². The second-order valence-electron chi connectivity index (χ2n) is 6.87. The van der Waals surface area contributed by atoms with E-state index in [1.54, 1.807) is 0 Å². The van der Waals surface area contributed by atoms with Crippen molar-refractivity contribution in [3.05, 3.63) is 0 Å². The van der Waals surface area contributed by atoms with Gasteiger partial charge in [-0.05, 0) is 24.7 Å². The predicted molar refractivity (Wildman–Crippen MR) is 102 cm³/mol. The molecule has 0 saturated carbocycles. The molecular formula is C23H32. The number of terminal acetylenes is 3. The minimum atomic E-state index is -0.255. The Balaban J connectivity index is 5.79. The van der Waals surface area contributed by atoms with Crippen LogP contribution >= 0.6 is 0 Å². The van der Waals surface area contributed by atoms with Gasteiger partial charge in [-0.3, -0.25) is 0 Å². The average Bonchev–Trinajstić information content (AvgIpc) is 2.55. The van der Waals surface area contributed by atoms with Gasteiger partial charge in [0.1, 0.15) is 0 Å². The van der Waals surface area contributed by atoms with E-state index in [0.29, 0.717) is 5.92 Å². The summed E-state index contributed by atoms with van der Waals surface area (Å²) in [5, 5.41) is 0. The minimum Gasteiger partial charge on any atom is -0.120 e. The summed E-state index contributed by atoms with van der Waals surface area (Å²) in [4.78, 5) is 0. The summed E-state index contributed by atoms with van der Waals surface area (Å²) < 4.78 is 0. The highest BCUT2D eigenvalue weighted by atomic mass is 14.5.